The number of halogens is 2. The molecule has 3 rings (SSSR count). The summed E-state index contributed by atoms with van der Waals surface area (Å²) >= 11 is 17.2. The van der Waals surface area contributed by atoms with Crippen molar-refractivity contribution < 1.29 is 19.1 Å². The number of nitrogens with one attached hydrogen (secondary N) is 1. The van der Waals surface area contributed by atoms with Crippen molar-refractivity contribution in [3.05, 3.63) is 57.6 Å². The molecule has 0 radical (unpaired) electrons. The topological polar surface area (TPSA) is 67.9 Å². The van der Waals surface area contributed by atoms with Crippen LogP contribution in [0.5, 0.6) is 11.5 Å². The van der Waals surface area contributed by atoms with E-state index in [4.69, 9.17) is 44.9 Å². The van der Waals surface area contributed by atoms with Crippen LogP contribution in [0.15, 0.2) is 42.0 Å². The van der Waals surface area contributed by atoms with E-state index in [0.717, 1.165) is 0 Å². The number of ether oxygens (including phenoxy) is 2. The number of carbonyl (C=O) groups is 2. The number of carbonyl (C=O) groups excluding carboxylic acids is 2. The van der Waals surface area contributed by atoms with Gasteiger partial charge in [0.05, 0.1) is 30.0 Å². The zero-order valence-electron chi connectivity index (χ0n) is 14.8. The highest BCUT2D eigenvalue weighted by Crippen LogP contribution is 2.34. The predicted molar refractivity (Wildman–Crippen MR) is 112 cm³/mol. The second-order valence-electron chi connectivity index (χ2n) is 5.64. The lowest BCUT2D eigenvalue weighted by atomic mass is 10.1. The lowest BCUT2D eigenvalue weighted by Crippen LogP contribution is -2.54. The molecule has 0 aromatic heterocycles. The Morgan fingerprint density at radius 1 is 1.07 bits per heavy atom. The summed E-state index contributed by atoms with van der Waals surface area (Å²) in [5.74, 6) is -0.349. The van der Waals surface area contributed by atoms with Gasteiger partial charge in [-0.25, -0.2) is 0 Å². The van der Waals surface area contributed by atoms with Gasteiger partial charge >= 0.3 is 0 Å². The highest BCUT2D eigenvalue weighted by Gasteiger charge is 2.35. The number of hydrogen-bond donors (Lipinski definition) is 1. The summed E-state index contributed by atoms with van der Waals surface area (Å²) < 4.78 is 10.6. The second-order valence-corrected chi connectivity index (χ2v) is 6.84. The van der Waals surface area contributed by atoms with Crippen molar-refractivity contribution in [2.75, 3.05) is 19.1 Å². The number of amides is 2. The molecule has 2 amide bonds. The molecule has 0 unspecified atom stereocenters. The highest BCUT2D eigenvalue weighted by molar-refractivity contribution is 7.80. The minimum atomic E-state index is -0.615. The molecule has 0 aliphatic carbocycles. The molecule has 1 fully saturated rings. The standard InChI is InChI=1S/C19H14Cl2N2O4S/c1-26-15-5-3-4-10(16(15)27-2)8-12-17(24)22-19(28)23(18(12)25)11-6-7-13(20)14(21)9-11/h3-9H,1-2H3,(H,22,24,28)/b12-8+. The number of nitrogens with zero attached hydrogens (tertiary/aromatic N) is 1. The SMILES string of the molecule is COc1cccc(/C=C2\C(=O)NC(=S)N(c3ccc(Cl)c(Cl)c3)C2=O)c1OC. The van der Waals surface area contributed by atoms with Crippen LogP contribution in [-0.2, 0) is 9.59 Å². The quantitative estimate of drug-likeness (QED) is 0.447. The van der Waals surface area contributed by atoms with Gasteiger partial charge < -0.3 is 9.47 Å². The Kier molecular flexibility index (Phi) is 5.88. The molecular weight excluding hydrogens is 423 g/mol. The summed E-state index contributed by atoms with van der Waals surface area (Å²) in [4.78, 5) is 26.7. The average molecular weight is 437 g/mol. The summed E-state index contributed by atoms with van der Waals surface area (Å²) in [6.07, 6.45) is 1.42. The molecule has 0 saturated carbocycles. The summed E-state index contributed by atoms with van der Waals surface area (Å²) in [5, 5.41) is 3.05. The molecule has 2 aromatic rings. The van der Waals surface area contributed by atoms with Crippen LogP contribution >= 0.6 is 35.4 Å². The number of thiocarbonyl (C=S) groups is 1. The van der Waals surface area contributed by atoms with E-state index < -0.39 is 11.8 Å². The first-order valence-electron chi connectivity index (χ1n) is 7.95. The van der Waals surface area contributed by atoms with Crippen molar-refractivity contribution >= 4 is 64.1 Å². The van der Waals surface area contributed by atoms with Crippen molar-refractivity contribution in [1.29, 1.82) is 0 Å². The van der Waals surface area contributed by atoms with Gasteiger partial charge in [0.25, 0.3) is 11.8 Å². The van der Waals surface area contributed by atoms with Gasteiger partial charge in [-0.05, 0) is 42.6 Å². The second kappa shape index (κ2) is 8.18. The Morgan fingerprint density at radius 3 is 2.46 bits per heavy atom. The zero-order chi connectivity index (χ0) is 20.4. The van der Waals surface area contributed by atoms with E-state index in [-0.39, 0.29) is 15.7 Å². The fraction of sp³-hybridized carbons (Fsp3) is 0.105. The fourth-order valence-corrected chi connectivity index (χ4v) is 3.27. The number of para-hydroxylation sites is 1. The number of benzene rings is 2. The minimum Gasteiger partial charge on any atom is -0.493 e. The van der Waals surface area contributed by atoms with Gasteiger partial charge in [-0.1, -0.05) is 35.3 Å². The Labute approximate surface area is 176 Å². The number of hydrogen-bond acceptors (Lipinski definition) is 5. The molecule has 1 saturated heterocycles. The van der Waals surface area contributed by atoms with E-state index in [1.54, 1.807) is 30.3 Å². The van der Waals surface area contributed by atoms with Crippen LogP contribution in [0.4, 0.5) is 5.69 Å². The molecule has 0 atom stereocenters. The van der Waals surface area contributed by atoms with Crippen LogP contribution in [0.3, 0.4) is 0 Å². The zero-order valence-corrected chi connectivity index (χ0v) is 17.1. The van der Waals surface area contributed by atoms with Crippen molar-refractivity contribution in [3.63, 3.8) is 0 Å². The summed E-state index contributed by atoms with van der Waals surface area (Å²) in [5.41, 5.74) is 0.765. The van der Waals surface area contributed by atoms with Gasteiger partial charge in [0.2, 0.25) is 0 Å². The molecule has 1 aliphatic rings. The van der Waals surface area contributed by atoms with Gasteiger partial charge in [0.1, 0.15) is 5.57 Å². The third-order valence-corrected chi connectivity index (χ3v) is 5.02. The van der Waals surface area contributed by atoms with Crippen LogP contribution < -0.4 is 19.7 Å². The lowest BCUT2D eigenvalue weighted by Gasteiger charge is -2.29. The molecule has 1 heterocycles. The Balaban J connectivity index is 2.08. The predicted octanol–water partition coefficient (Wildman–Crippen LogP) is 3.84. The molecule has 9 heteroatoms. The smallest absolute Gasteiger partial charge is 0.270 e. The highest BCUT2D eigenvalue weighted by atomic mass is 35.5. The number of rotatable bonds is 4. The Bertz CT molecular complexity index is 1020. The maximum Gasteiger partial charge on any atom is 0.270 e. The van der Waals surface area contributed by atoms with Crippen LogP contribution in [0.25, 0.3) is 6.08 Å². The largest absolute Gasteiger partial charge is 0.493 e. The van der Waals surface area contributed by atoms with E-state index in [1.165, 1.54) is 31.3 Å². The Hall–Kier alpha value is -2.61. The summed E-state index contributed by atoms with van der Waals surface area (Å²) in [6, 6.07) is 9.75. The molecule has 0 bridgehead atoms. The van der Waals surface area contributed by atoms with Crippen molar-refractivity contribution in [2.45, 2.75) is 0 Å². The van der Waals surface area contributed by atoms with Crippen LogP contribution in [-0.4, -0.2) is 31.1 Å². The van der Waals surface area contributed by atoms with Crippen LogP contribution in [0.1, 0.15) is 5.56 Å². The first kappa shape index (κ1) is 20.1. The molecule has 1 aliphatic heterocycles. The monoisotopic (exact) mass is 436 g/mol. The van der Waals surface area contributed by atoms with Gasteiger partial charge in [0.15, 0.2) is 16.6 Å². The van der Waals surface area contributed by atoms with Crippen molar-refractivity contribution in [1.82, 2.24) is 5.32 Å². The first-order valence-corrected chi connectivity index (χ1v) is 9.11. The van der Waals surface area contributed by atoms with E-state index in [0.29, 0.717) is 27.8 Å². The molecular formula is C19H14Cl2N2O4S. The first-order chi connectivity index (χ1) is 13.4. The molecule has 1 N–H and O–H groups in total. The number of anilines is 1. The van der Waals surface area contributed by atoms with E-state index in [9.17, 15) is 9.59 Å². The third-order valence-electron chi connectivity index (χ3n) is 4.00. The molecule has 28 heavy (non-hydrogen) atoms. The number of methoxy groups -OCH3 is 2. The molecule has 144 valence electrons. The molecule has 2 aromatic carbocycles. The van der Waals surface area contributed by atoms with Gasteiger partial charge in [-0.2, -0.15) is 0 Å². The normalized spacial score (nSPS) is 15.6. The van der Waals surface area contributed by atoms with Gasteiger partial charge in [-0.15, -0.1) is 0 Å². The average Bonchev–Trinajstić information content (AvgIpc) is 2.67. The fourth-order valence-electron chi connectivity index (χ4n) is 2.70. The maximum absolute atomic E-state index is 13.1. The van der Waals surface area contributed by atoms with Crippen molar-refractivity contribution in [3.8, 4) is 11.5 Å². The van der Waals surface area contributed by atoms with E-state index in [1.807, 2.05) is 0 Å². The maximum atomic E-state index is 13.1. The third kappa shape index (κ3) is 3.69. The molecule has 0 spiro atoms. The molecule has 6 nitrogen and oxygen atoms in total. The Morgan fingerprint density at radius 2 is 1.82 bits per heavy atom. The lowest BCUT2D eigenvalue weighted by molar-refractivity contribution is -0.122. The summed E-state index contributed by atoms with van der Waals surface area (Å²) in [6.45, 7) is 0. The van der Waals surface area contributed by atoms with Gasteiger partial charge in [0, 0.05) is 5.56 Å². The van der Waals surface area contributed by atoms with Crippen LogP contribution in [0.2, 0.25) is 10.0 Å². The van der Waals surface area contributed by atoms with Crippen LogP contribution in [0, 0.1) is 0 Å². The van der Waals surface area contributed by atoms with E-state index >= 15 is 0 Å². The van der Waals surface area contributed by atoms with E-state index in [2.05, 4.69) is 5.32 Å². The van der Waals surface area contributed by atoms with Gasteiger partial charge in [-0.3, -0.25) is 19.8 Å². The summed E-state index contributed by atoms with van der Waals surface area (Å²) in [7, 11) is 2.97. The minimum absolute atomic E-state index is 0.0526. The van der Waals surface area contributed by atoms with Crippen molar-refractivity contribution in [2.24, 2.45) is 0 Å².